The number of para-hydroxylation sites is 2. The van der Waals surface area contributed by atoms with Crippen molar-refractivity contribution >= 4 is 17.0 Å². The zero-order valence-corrected chi connectivity index (χ0v) is 17.3. The molecular weight excluding hydrogens is 394 g/mol. The number of oxazole rings is 1. The van der Waals surface area contributed by atoms with Crippen molar-refractivity contribution in [3.8, 4) is 17.1 Å². The van der Waals surface area contributed by atoms with Crippen LogP contribution in [-0.2, 0) is 0 Å². The van der Waals surface area contributed by atoms with Crippen LogP contribution in [-0.4, -0.2) is 40.6 Å². The first-order valence-electron chi connectivity index (χ1n) is 10.6. The quantitative estimate of drug-likeness (QED) is 0.459. The summed E-state index contributed by atoms with van der Waals surface area (Å²) >= 11 is 0. The normalized spacial score (nSPS) is 14.8. The van der Waals surface area contributed by atoms with Gasteiger partial charge < -0.3 is 18.6 Å². The van der Waals surface area contributed by atoms with Gasteiger partial charge in [0.15, 0.2) is 22.9 Å². The van der Waals surface area contributed by atoms with Crippen LogP contribution in [0.3, 0.4) is 0 Å². The summed E-state index contributed by atoms with van der Waals surface area (Å²) in [5.74, 6) is 2.22. The summed E-state index contributed by atoms with van der Waals surface area (Å²) in [6.45, 7) is 3.82. The standard InChI is InChI=1S/C24H23N3O4/c1-2-29-18-9-7-16(8-10-18)22-15-20(26-31-22)24(28)27-13-11-17(12-14-27)23-25-19-5-3-4-6-21(19)30-23/h3-10,15,17H,2,11-14H2,1H3. The molecule has 1 aliphatic rings. The summed E-state index contributed by atoms with van der Waals surface area (Å²) in [6, 6.07) is 17.0. The van der Waals surface area contributed by atoms with Gasteiger partial charge in [-0.1, -0.05) is 17.3 Å². The largest absolute Gasteiger partial charge is 0.494 e. The van der Waals surface area contributed by atoms with Crippen LogP contribution in [0.15, 0.2) is 63.5 Å². The van der Waals surface area contributed by atoms with Crippen molar-refractivity contribution in [2.75, 3.05) is 19.7 Å². The Labute approximate surface area is 179 Å². The number of rotatable bonds is 5. The third-order valence-corrected chi connectivity index (χ3v) is 5.62. The van der Waals surface area contributed by atoms with Crippen LogP contribution in [0.2, 0.25) is 0 Å². The van der Waals surface area contributed by atoms with Crippen LogP contribution >= 0.6 is 0 Å². The zero-order chi connectivity index (χ0) is 21.2. The van der Waals surface area contributed by atoms with Gasteiger partial charge in [-0.2, -0.15) is 0 Å². The van der Waals surface area contributed by atoms with Gasteiger partial charge in [0.05, 0.1) is 6.61 Å². The topological polar surface area (TPSA) is 81.6 Å². The van der Waals surface area contributed by atoms with Crippen LogP contribution in [0.1, 0.15) is 42.1 Å². The molecule has 0 spiro atoms. The van der Waals surface area contributed by atoms with Crippen molar-refractivity contribution in [1.29, 1.82) is 0 Å². The molecule has 0 aliphatic carbocycles. The van der Waals surface area contributed by atoms with E-state index in [0.29, 0.717) is 31.2 Å². The first-order valence-corrected chi connectivity index (χ1v) is 10.6. The Hall–Kier alpha value is -3.61. The monoisotopic (exact) mass is 417 g/mol. The minimum atomic E-state index is -0.114. The molecule has 0 saturated carbocycles. The van der Waals surface area contributed by atoms with E-state index in [1.807, 2.05) is 60.4 Å². The molecular formula is C24H23N3O4. The molecule has 2 aromatic heterocycles. The number of fused-ring (bicyclic) bond motifs is 1. The van der Waals surface area contributed by atoms with Gasteiger partial charge in [0.1, 0.15) is 11.3 Å². The van der Waals surface area contributed by atoms with E-state index in [-0.39, 0.29) is 11.8 Å². The molecule has 0 bridgehead atoms. The molecule has 3 heterocycles. The summed E-state index contributed by atoms with van der Waals surface area (Å²) in [7, 11) is 0. The number of piperidine rings is 1. The first kappa shape index (κ1) is 19.4. The molecule has 0 radical (unpaired) electrons. The van der Waals surface area contributed by atoms with Crippen LogP contribution in [0.4, 0.5) is 0 Å². The van der Waals surface area contributed by atoms with Gasteiger partial charge in [0.25, 0.3) is 5.91 Å². The highest BCUT2D eigenvalue weighted by Gasteiger charge is 2.29. The van der Waals surface area contributed by atoms with Gasteiger partial charge in [-0.05, 0) is 56.2 Å². The fourth-order valence-electron chi connectivity index (χ4n) is 3.95. The molecule has 1 amide bonds. The Kier molecular flexibility index (Phi) is 5.16. The second-order valence-corrected chi connectivity index (χ2v) is 7.62. The summed E-state index contributed by atoms with van der Waals surface area (Å²) in [4.78, 5) is 19.3. The molecule has 158 valence electrons. The lowest BCUT2D eigenvalue weighted by Gasteiger charge is -2.29. The van der Waals surface area contributed by atoms with Crippen molar-refractivity contribution in [3.63, 3.8) is 0 Å². The number of aromatic nitrogens is 2. The lowest BCUT2D eigenvalue weighted by Crippen LogP contribution is -2.38. The summed E-state index contributed by atoms with van der Waals surface area (Å²) in [6.07, 6.45) is 1.62. The van der Waals surface area contributed by atoms with Crippen LogP contribution in [0.25, 0.3) is 22.4 Å². The van der Waals surface area contributed by atoms with Crippen molar-refractivity contribution in [1.82, 2.24) is 15.0 Å². The molecule has 0 N–H and O–H groups in total. The highest BCUT2D eigenvalue weighted by Crippen LogP contribution is 2.31. The number of likely N-dealkylation sites (tertiary alicyclic amines) is 1. The van der Waals surface area contributed by atoms with Crippen molar-refractivity contribution < 1.29 is 18.5 Å². The highest BCUT2D eigenvalue weighted by molar-refractivity contribution is 5.93. The lowest BCUT2D eigenvalue weighted by molar-refractivity contribution is 0.0696. The highest BCUT2D eigenvalue weighted by atomic mass is 16.5. The number of carbonyl (C=O) groups is 1. The molecule has 1 fully saturated rings. The third-order valence-electron chi connectivity index (χ3n) is 5.62. The summed E-state index contributed by atoms with van der Waals surface area (Å²) in [5, 5.41) is 4.00. The van der Waals surface area contributed by atoms with Crippen LogP contribution in [0.5, 0.6) is 5.75 Å². The molecule has 31 heavy (non-hydrogen) atoms. The Morgan fingerprint density at radius 1 is 1.13 bits per heavy atom. The Bertz CT molecular complexity index is 1150. The van der Waals surface area contributed by atoms with E-state index in [2.05, 4.69) is 10.1 Å². The van der Waals surface area contributed by atoms with Gasteiger partial charge in [0, 0.05) is 30.6 Å². The smallest absolute Gasteiger partial charge is 0.276 e. The molecule has 0 unspecified atom stereocenters. The van der Waals surface area contributed by atoms with Crippen molar-refractivity contribution in [3.05, 3.63) is 66.2 Å². The van der Waals surface area contributed by atoms with Crippen molar-refractivity contribution in [2.45, 2.75) is 25.7 Å². The number of amides is 1. The number of carbonyl (C=O) groups excluding carboxylic acids is 1. The minimum absolute atomic E-state index is 0.114. The number of hydrogen-bond donors (Lipinski definition) is 0. The molecule has 4 aromatic rings. The molecule has 2 aromatic carbocycles. The third kappa shape index (κ3) is 3.91. The van der Waals surface area contributed by atoms with Gasteiger partial charge in [-0.3, -0.25) is 4.79 Å². The van der Waals surface area contributed by atoms with E-state index in [1.54, 1.807) is 6.07 Å². The zero-order valence-electron chi connectivity index (χ0n) is 17.3. The SMILES string of the molecule is CCOc1ccc(-c2cc(C(=O)N3CCC(c4nc5ccccc5o4)CC3)no2)cc1. The average molecular weight is 417 g/mol. The average Bonchev–Trinajstić information content (AvgIpc) is 3.47. The molecule has 5 rings (SSSR count). The maximum atomic E-state index is 12.9. The predicted molar refractivity (Wildman–Crippen MR) is 115 cm³/mol. The molecule has 0 atom stereocenters. The van der Waals surface area contributed by atoms with Gasteiger partial charge in [-0.25, -0.2) is 4.98 Å². The number of hydrogen-bond acceptors (Lipinski definition) is 6. The molecule has 1 saturated heterocycles. The minimum Gasteiger partial charge on any atom is -0.494 e. The molecule has 1 aliphatic heterocycles. The van der Waals surface area contributed by atoms with Crippen LogP contribution < -0.4 is 4.74 Å². The predicted octanol–water partition coefficient (Wildman–Crippen LogP) is 4.90. The lowest BCUT2D eigenvalue weighted by atomic mass is 9.96. The number of benzene rings is 2. The van der Waals surface area contributed by atoms with E-state index in [1.165, 1.54) is 0 Å². The fraction of sp³-hybridized carbons (Fsp3) is 0.292. The number of ether oxygens (including phenoxy) is 1. The van der Waals surface area contributed by atoms with E-state index in [0.717, 1.165) is 41.1 Å². The number of nitrogens with zero attached hydrogens (tertiary/aromatic N) is 3. The van der Waals surface area contributed by atoms with E-state index < -0.39 is 0 Å². The maximum absolute atomic E-state index is 12.9. The van der Waals surface area contributed by atoms with E-state index in [4.69, 9.17) is 13.7 Å². The van der Waals surface area contributed by atoms with Gasteiger partial charge >= 0.3 is 0 Å². The Balaban J connectivity index is 1.23. The van der Waals surface area contributed by atoms with E-state index in [9.17, 15) is 4.79 Å². The summed E-state index contributed by atoms with van der Waals surface area (Å²) in [5.41, 5.74) is 2.86. The van der Waals surface area contributed by atoms with Gasteiger partial charge in [0.2, 0.25) is 0 Å². The molecule has 7 nitrogen and oxygen atoms in total. The van der Waals surface area contributed by atoms with Crippen LogP contribution in [0, 0.1) is 0 Å². The van der Waals surface area contributed by atoms with Gasteiger partial charge in [-0.15, -0.1) is 0 Å². The van der Waals surface area contributed by atoms with Crippen molar-refractivity contribution in [2.24, 2.45) is 0 Å². The molecule has 7 heteroatoms. The summed E-state index contributed by atoms with van der Waals surface area (Å²) < 4.78 is 16.8. The first-order chi connectivity index (χ1) is 15.2. The Morgan fingerprint density at radius 3 is 2.65 bits per heavy atom. The van der Waals surface area contributed by atoms with E-state index >= 15 is 0 Å². The fourth-order valence-corrected chi connectivity index (χ4v) is 3.95. The second-order valence-electron chi connectivity index (χ2n) is 7.62. The Morgan fingerprint density at radius 2 is 1.90 bits per heavy atom. The maximum Gasteiger partial charge on any atom is 0.276 e. The second kappa shape index (κ2) is 8.26.